The zero-order valence-corrected chi connectivity index (χ0v) is 28.5. The van der Waals surface area contributed by atoms with Crippen LogP contribution in [-0.2, 0) is 22.7 Å². The number of nitrogens with two attached hydrogens (primary N) is 4. The van der Waals surface area contributed by atoms with Crippen LogP contribution in [0.5, 0.6) is 0 Å². The van der Waals surface area contributed by atoms with E-state index >= 15 is 0 Å². The molecule has 0 saturated heterocycles. The highest BCUT2D eigenvalue weighted by atomic mass is 19.1. The number of hydrogen-bond acceptors (Lipinski definition) is 13. The lowest BCUT2D eigenvalue weighted by Crippen LogP contribution is -2.16. The fourth-order valence-corrected chi connectivity index (χ4v) is 4.04. The quantitative estimate of drug-likeness (QED) is 0.0509. The van der Waals surface area contributed by atoms with Crippen LogP contribution in [0.3, 0.4) is 0 Å². The largest absolute Gasteiger partial charge is 0.478 e. The highest BCUT2D eigenvalue weighted by Gasteiger charge is 2.16. The molecule has 0 spiro atoms. The normalized spacial score (nSPS) is 11.7. The van der Waals surface area contributed by atoms with E-state index in [0.29, 0.717) is 24.2 Å². The fourth-order valence-electron chi connectivity index (χ4n) is 4.04. The van der Waals surface area contributed by atoms with Crippen molar-refractivity contribution in [3.63, 3.8) is 0 Å². The van der Waals surface area contributed by atoms with Gasteiger partial charge in [0.25, 0.3) is 0 Å². The number of imidazole rings is 2. The number of aromatic nitrogens is 4. The summed E-state index contributed by atoms with van der Waals surface area (Å²) in [6.45, 7) is 0.0465. The molecule has 0 atom stereocenters. The molecule has 0 bridgehead atoms. The maximum absolute atomic E-state index is 14.1. The first kappa shape index (κ1) is 41.9. The van der Waals surface area contributed by atoms with Crippen LogP contribution in [0, 0.1) is 11.6 Å². The van der Waals surface area contributed by atoms with E-state index in [0.717, 1.165) is 12.1 Å². The summed E-state index contributed by atoms with van der Waals surface area (Å²) < 4.78 is 31.4. The maximum Gasteiger partial charge on any atom is 0.337 e. The minimum Gasteiger partial charge on any atom is -0.478 e. The molecule has 0 aliphatic heterocycles. The fraction of sp³-hybridized carbons (Fsp3) is 0.118. The summed E-state index contributed by atoms with van der Waals surface area (Å²) in [6.07, 6.45) is 16.7. The van der Waals surface area contributed by atoms with E-state index in [2.05, 4.69) is 25.9 Å². The third kappa shape index (κ3) is 13.2. The molecule has 2 aromatic carbocycles. The van der Waals surface area contributed by atoms with Crippen LogP contribution < -0.4 is 38.9 Å². The molecule has 17 nitrogen and oxygen atoms in total. The van der Waals surface area contributed by atoms with Crippen LogP contribution in [0.2, 0.25) is 0 Å². The SMILES string of the molecule is CNc1cc(CNCc2cc(NC)c(C(=O)O)cc2F)c(F)cc1C(=O)O.N/C(C=O)=C\C=C(/N)n1ccnc1.N/C(C=O)=C\C=C(/N)n1ccnc1. The van der Waals surface area contributed by atoms with Gasteiger partial charge in [0.1, 0.15) is 35.9 Å². The summed E-state index contributed by atoms with van der Waals surface area (Å²) in [5.41, 5.74) is 22.5. The predicted molar refractivity (Wildman–Crippen MR) is 194 cm³/mol. The molecule has 19 heteroatoms. The number of carboxylic acids is 2. The number of carbonyl (C=O) groups is 4. The summed E-state index contributed by atoms with van der Waals surface area (Å²) in [5.74, 6) is -3.01. The smallest absolute Gasteiger partial charge is 0.337 e. The summed E-state index contributed by atoms with van der Waals surface area (Å²) in [7, 11) is 3.05. The van der Waals surface area contributed by atoms with Crippen molar-refractivity contribution in [1.82, 2.24) is 24.4 Å². The monoisotopic (exact) mass is 735 g/mol. The number of nitrogens with zero attached hydrogens (tertiary/aromatic N) is 4. The third-order valence-electron chi connectivity index (χ3n) is 6.77. The highest BCUT2D eigenvalue weighted by Crippen LogP contribution is 2.23. The molecule has 53 heavy (non-hydrogen) atoms. The lowest BCUT2D eigenvalue weighted by Gasteiger charge is -2.13. The van der Waals surface area contributed by atoms with Crippen LogP contribution >= 0.6 is 0 Å². The number of halogens is 2. The number of carbonyl (C=O) groups excluding carboxylic acids is 2. The molecule has 0 radical (unpaired) electrons. The topological polar surface area (TPSA) is 285 Å². The molecule has 0 saturated carbocycles. The molecule has 4 aromatic rings. The Morgan fingerprint density at radius 1 is 0.698 bits per heavy atom. The van der Waals surface area contributed by atoms with Gasteiger partial charge in [-0.1, -0.05) is 0 Å². The predicted octanol–water partition coefficient (Wildman–Crippen LogP) is 2.10. The molecule has 2 aromatic heterocycles. The minimum atomic E-state index is -1.25. The molecule has 0 amide bonds. The Labute approximate surface area is 302 Å². The van der Waals surface area contributed by atoms with E-state index in [-0.39, 0.29) is 58.1 Å². The van der Waals surface area contributed by atoms with Crippen molar-refractivity contribution in [2.24, 2.45) is 22.9 Å². The van der Waals surface area contributed by atoms with E-state index in [1.165, 1.54) is 50.5 Å². The summed E-state index contributed by atoms with van der Waals surface area (Å²) >= 11 is 0. The first-order valence-electron chi connectivity index (χ1n) is 15.2. The van der Waals surface area contributed by atoms with Gasteiger partial charge in [-0.3, -0.25) is 18.7 Å². The number of hydrogen-bond donors (Lipinski definition) is 9. The Balaban J connectivity index is 0.000000311. The summed E-state index contributed by atoms with van der Waals surface area (Å²) in [5, 5.41) is 26.4. The number of carboxylic acid groups (broad SMARTS) is 2. The molecular formula is C34H39F2N11O6. The van der Waals surface area contributed by atoms with Crippen LogP contribution in [-0.4, -0.2) is 67.9 Å². The number of anilines is 2. The van der Waals surface area contributed by atoms with Crippen molar-refractivity contribution in [3.05, 3.63) is 131 Å². The summed E-state index contributed by atoms with van der Waals surface area (Å²) in [4.78, 5) is 50.1. The third-order valence-corrected chi connectivity index (χ3v) is 6.77. The van der Waals surface area contributed by atoms with Gasteiger partial charge in [0.15, 0.2) is 12.6 Å². The van der Waals surface area contributed by atoms with Crippen LogP contribution in [0.25, 0.3) is 11.6 Å². The average molecular weight is 736 g/mol. The number of benzene rings is 2. The number of allylic oxidation sites excluding steroid dienone is 6. The van der Waals surface area contributed by atoms with E-state index in [1.807, 2.05) is 0 Å². The van der Waals surface area contributed by atoms with E-state index in [1.54, 1.807) is 46.6 Å². The van der Waals surface area contributed by atoms with E-state index in [4.69, 9.17) is 33.1 Å². The van der Waals surface area contributed by atoms with Crippen LogP contribution in [0.1, 0.15) is 31.8 Å². The molecule has 13 N–H and O–H groups in total. The molecule has 2 heterocycles. The second kappa shape index (κ2) is 21.1. The molecule has 0 unspecified atom stereocenters. The number of nitrogens with one attached hydrogen (secondary N) is 3. The molecule has 0 aliphatic rings. The van der Waals surface area contributed by atoms with Crippen molar-refractivity contribution in [2.45, 2.75) is 13.1 Å². The first-order valence-corrected chi connectivity index (χ1v) is 15.2. The zero-order valence-electron chi connectivity index (χ0n) is 28.5. The Bertz CT molecular complexity index is 1850. The van der Waals surface area contributed by atoms with Crippen molar-refractivity contribution in [2.75, 3.05) is 24.7 Å². The lowest BCUT2D eigenvalue weighted by molar-refractivity contribution is -0.105. The van der Waals surface area contributed by atoms with Gasteiger partial charge < -0.3 is 49.1 Å². The Morgan fingerprint density at radius 3 is 1.36 bits per heavy atom. The van der Waals surface area contributed by atoms with Crippen molar-refractivity contribution in [3.8, 4) is 0 Å². The molecule has 4 rings (SSSR count). The van der Waals surface area contributed by atoms with Gasteiger partial charge in [-0.15, -0.1) is 0 Å². The summed E-state index contributed by atoms with van der Waals surface area (Å²) in [6, 6.07) is 4.59. The van der Waals surface area contributed by atoms with Gasteiger partial charge in [0, 0.05) is 74.5 Å². The minimum absolute atomic E-state index is 0.0232. The van der Waals surface area contributed by atoms with Gasteiger partial charge >= 0.3 is 11.9 Å². The second-order valence-corrected chi connectivity index (χ2v) is 10.4. The maximum atomic E-state index is 14.1. The number of rotatable bonds is 14. The van der Waals surface area contributed by atoms with Crippen molar-refractivity contribution >= 4 is 47.5 Å². The Hall–Kier alpha value is -7.28. The Morgan fingerprint density at radius 2 is 1.08 bits per heavy atom. The van der Waals surface area contributed by atoms with Crippen LogP contribution in [0.4, 0.5) is 20.2 Å². The molecule has 0 fully saturated rings. The molecule has 0 aliphatic carbocycles. The van der Waals surface area contributed by atoms with Gasteiger partial charge in [-0.05, 0) is 48.6 Å². The first-order chi connectivity index (χ1) is 25.3. The number of aldehydes is 2. The lowest BCUT2D eigenvalue weighted by atomic mass is 10.1. The van der Waals surface area contributed by atoms with Gasteiger partial charge in [-0.25, -0.2) is 28.3 Å². The number of aromatic carboxylic acids is 2. The van der Waals surface area contributed by atoms with Gasteiger partial charge in [0.05, 0.1) is 22.5 Å². The molecule has 280 valence electrons. The van der Waals surface area contributed by atoms with E-state index in [9.17, 15) is 28.0 Å². The van der Waals surface area contributed by atoms with Crippen LogP contribution in [0.15, 0.2) is 97.4 Å². The highest BCUT2D eigenvalue weighted by molar-refractivity contribution is 5.95. The van der Waals surface area contributed by atoms with E-state index < -0.39 is 23.6 Å². The average Bonchev–Trinajstić information content (AvgIpc) is 3.90. The Kier molecular flexibility index (Phi) is 16.6. The zero-order chi connectivity index (χ0) is 39.5. The molecular weight excluding hydrogens is 696 g/mol. The standard InChI is InChI=1S/C18H19F2N3O4.2C8H10N4O/c1-21-15-3-9(13(19)5-11(15)17(24)25)7-23-8-10-4-16(22-2)12(18(26)27)6-14(10)20;2*9-7(5-13)1-2-8(10)12-4-3-11-6-12/h3-6,21-23H,7-8H2,1-2H3,(H,24,25)(H,26,27);2*1-6H,9-10H2/b;2*7-1-,8-2+. The van der Waals surface area contributed by atoms with Gasteiger partial charge in [0.2, 0.25) is 0 Å². The van der Waals surface area contributed by atoms with Crippen molar-refractivity contribution in [1.29, 1.82) is 0 Å². The van der Waals surface area contributed by atoms with Gasteiger partial charge in [-0.2, -0.15) is 0 Å². The second-order valence-electron chi connectivity index (χ2n) is 10.4. The van der Waals surface area contributed by atoms with Crippen molar-refractivity contribution < 1.29 is 38.2 Å².